The maximum absolute atomic E-state index is 12.4. The molecule has 0 N–H and O–H groups in total. The molecule has 0 saturated heterocycles. The van der Waals surface area contributed by atoms with Crippen LogP contribution in [0.15, 0.2) is 45.7 Å². The zero-order chi connectivity index (χ0) is 15.7. The van der Waals surface area contributed by atoms with Gasteiger partial charge in [-0.25, -0.2) is 13.4 Å². The Balaban J connectivity index is 2.09. The second-order valence-corrected chi connectivity index (χ2v) is 7.52. The van der Waals surface area contributed by atoms with Crippen molar-refractivity contribution in [3.8, 4) is 6.07 Å². The van der Waals surface area contributed by atoms with E-state index in [1.807, 2.05) is 0 Å². The van der Waals surface area contributed by atoms with Crippen LogP contribution < -0.4 is 5.56 Å². The first-order valence-corrected chi connectivity index (χ1v) is 8.54. The molecule has 0 atom stereocenters. The van der Waals surface area contributed by atoms with Gasteiger partial charge in [0.2, 0.25) is 19.1 Å². The topological polar surface area (TPSA) is 105 Å². The number of nitriles is 1. The molecule has 0 aliphatic rings. The van der Waals surface area contributed by atoms with Gasteiger partial charge in [-0.05, 0) is 5.56 Å². The Morgan fingerprint density at radius 2 is 2.00 bits per heavy atom. The smallest absolute Gasteiger partial charge is 0.266 e. The highest BCUT2D eigenvalue weighted by molar-refractivity contribution is 7.92. The Kier molecular flexibility index (Phi) is 3.48. The van der Waals surface area contributed by atoms with Gasteiger partial charge in [-0.1, -0.05) is 41.7 Å². The summed E-state index contributed by atoms with van der Waals surface area (Å²) in [5.41, 5.74) is -0.237. The normalized spacial score (nSPS) is 11.4. The number of nitrogens with zero attached hydrogens (tertiary/aromatic N) is 4. The third-order valence-corrected chi connectivity index (χ3v) is 5.91. The Labute approximate surface area is 129 Å². The number of rotatable bonds is 3. The molecule has 0 spiro atoms. The molecule has 7 nitrogen and oxygen atoms in total. The molecule has 2 aromatic heterocycles. The van der Waals surface area contributed by atoms with Gasteiger partial charge in [0.15, 0.2) is 0 Å². The summed E-state index contributed by atoms with van der Waals surface area (Å²) in [5, 5.41) is 12.6. The minimum Gasteiger partial charge on any atom is -0.266 e. The molecule has 0 aliphatic heterocycles. The van der Waals surface area contributed by atoms with Crippen molar-refractivity contribution in [1.29, 1.82) is 5.26 Å². The highest BCUT2D eigenvalue weighted by Crippen LogP contribution is 2.21. The lowest BCUT2D eigenvalue weighted by Gasteiger charge is -1.99. The van der Waals surface area contributed by atoms with Crippen molar-refractivity contribution in [2.45, 2.75) is 10.1 Å². The summed E-state index contributed by atoms with van der Waals surface area (Å²) in [7, 11) is -3.69. The number of aromatic nitrogens is 3. The Morgan fingerprint density at radius 3 is 2.68 bits per heavy atom. The second-order valence-electron chi connectivity index (χ2n) is 4.40. The molecular formula is C13H8N4O3S2. The van der Waals surface area contributed by atoms with Crippen molar-refractivity contribution in [3.63, 3.8) is 0 Å². The van der Waals surface area contributed by atoms with Gasteiger partial charge in [0.05, 0.1) is 11.9 Å². The van der Waals surface area contributed by atoms with Crippen molar-refractivity contribution >= 4 is 26.1 Å². The quantitative estimate of drug-likeness (QED) is 0.708. The van der Waals surface area contributed by atoms with Gasteiger partial charge in [-0.15, -0.1) is 5.10 Å². The van der Waals surface area contributed by atoms with Crippen LogP contribution in [0, 0.1) is 11.3 Å². The average molecular weight is 332 g/mol. The Hall–Kier alpha value is -2.57. The predicted molar refractivity (Wildman–Crippen MR) is 79.2 cm³/mol. The van der Waals surface area contributed by atoms with E-state index in [4.69, 9.17) is 5.26 Å². The fourth-order valence-corrected chi connectivity index (χ4v) is 4.29. The monoisotopic (exact) mass is 332 g/mol. The molecule has 22 heavy (non-hydrogen) atoms. The van der Waals surface area contributed by atoms with Gasteiger partial charge in [-0.2, -0.15) is 9.78 Å². The third-order valence-electron chi connectivity index (χ3n) is 2.85. The van der Waals surface area contributed by atoms with E-state index in [-0.39, 0.29) is 20.6 Å². The largest absolute Gasteiger partial charge is 0.293 e. The number of sulfone groups is 1. The van der Waals surface area contributed by atoms with Crippen molar-refractivity contribution < 1.29 is 8.42 Å². The van der Waals surface area contributed by atoms with E-state index in [1.165, 1.54) is 0 Å². The van der Waals surface area contributed by atoms with Crippen LogP contribution in [0.2, 0.25) is 0 Å². The van der Waals surface area contributed by atoms with E-state index in [9.17, 15) is 13.2 Å². The number of hydrogen-bond acceptors (Lipinski definition) is 7. The summed E-state index contributed by atoms with van der Waals surface area (Å²) >= 11 is 0.800. The van der Waals surface area contributed by atoms with Crippen LogP contribution in [0.25, 0.3) is 4.96 Å². The standard InChI is InChI=1S/C13H8N4O3S2/c14-6-10-7-15-12-17(11(10)18)16-13(21-12)22(19,20)8-9-4-2-1-3-5-9/h1-5,7H,8H2. The minimum absolute atomic E-state index is 0.135. The lowest BCUT2D eigenvalue weighted by Crippen LogP contribution is -2.18. The Bertz CT molecular complexity index is 1050. The first-order valence-electron chi connectivity index (χ1n) is 6.07. The fraction of sp³-hybridized carbons (Fsp3) is 0.0769. The first kappa shape index (κ1) is 14.4. The maximum Gasteiger partial charge on any atom is 0.293 e. The molecule has 2 heterocycles. The highest BCUT2D eigenvalue weighted by Gasteiger charge is 2.22. The summed E-state index contributed by atoms with van der Waals surface area (Å²) in [6.07, 6.45) is 1.11. The summed E-state index contributed by atoms with van der Waals surface area (Å²) in [5.74, 6) is -0.215. The van der Waals surface area contributed by atoms with Gasteiger partial charge >= 0.3 is 0 Å². The number of fused-ring (bicyclic) bond motifs is 1. The van der Waals surface area contributed by atoms with Crippen LogP contribution in [-0.2, 0) is 15.6 Å². The SMILES string of the molecule is N#Cc1cnc2sc(S(=O)(=O)Cc3ccccc3)nn2c1=O. The zero-order valence-electron chi connectivity index (χ0n) is 11.0. The zero-order valence-corrected chi connectivity index (χ0v) is 12.6. The van der Waals surface area contributed by atoms with Gasteiger partial charge < -0.3 is 0 Å². The summed E-state index contributed by atoms with van der Waals surface area (Å²) < 4.78 is 25.4. The minimum atomic E-state index is -3.69. The van der Waals surface area contributed by atoms with E-state index in [2.05, 4.69) is 10.1 Å². The fourth-order valence-electron chi connectivity index (χ4n) is 1.83. The molecule has 0 amide bonds. The van der Waals surface area contributed by atoms with Gasteiger partial charge in [0, 0.05) is 0 Å². The molecule has 0 aliphatic carbocycles. The summed E-state index contributed by atoms with van der Waals surface area (Å²) in [4.78, 5) is 15.9. The predicted octanol–water partition coefficient (Wildman–Crippen LogP) is 0.997. The van der Waals surface area contributed by atoms with Crippen LogP contribution in [-0.4, -0.2) is 23.0 Å². The van der Waals surface area contributed by atoms with Crippen molar-refractivity contribution in [1.82, 2.24) is 14.6 Å². The molecule has 0 fully saturated rings. The van der Waals surface area contributed by atoms with E-state index in [0.29, 0.717) is 5.56 Å². The van der Waals surface area contributed by atoms with E-state index in [0.717, 1.165) is 22.0 Å². The molecule has 110 valence electrons. The molecule has 1 aromatic carbocycles. The Morgan fingerprint density at radius 1 is 1.27 bits per heavy atom. The molecule has 0 unspecified atom stereocenters. The van der Waals surface area contributed by atoms with Crippen LogP contribution >= 0.6 is 11.3 Å². The van der Waals surface area contributed by atoms with E-state index >= 15 is 0 Å². The van der Waals surface area contributed by atoms with Crippen LogP contribution in [0.4, 0.5) is 0 Å². The first-order chi connectivity index (χ1) is 10.5. The number of hydrogen-bond donors (Lipinski definition) is 0. The molecular weight excluding hydrogens is 324 g/mol. The van der Waals surface area contributed by atoms with Crippen molar-refractivity contribution in [2.75, 3.05) is 0 Å². The lowest BCUT2D eigenvalue weighted by atomic mass is 10.2. The van der Waals surface area contributed by atoms with Gasteiger partial charge in [0.25, 0.3) is 5.56 Å². The molecule has 9 heteroatoms. The van der Waals surface area contributed by atoms with Crippen molar-refractivity contribution in [3.05, 3.63) is 58.0 Å². The molecule has 0 radical (unpaired) electrons. The van der Waals surface area contributed by atoms with Gasteiger partial charge in [0.1, 0.15) is 11.6 Å². The van der Waals surface area contributed by atoms with E-state index < -0.39 is 15.4 Å². The molecule has 3 rings (SSSR count). The third kappa shape index (κ3) is 2.49. The molecule has 3 aromatic rings. The highest BCUT2D eigenvalue weighted by atomic mass is 32.2. The lowest BCUT2D eigenvalue weighted by molar-refractivity contribution is 0.592. The van der Waals surface area contributed by atoms with Crippen molar-refractivity contribution in [2.24, 2.45) is 0 Å². The second kappa shape index (κ2) is 5.32. The van der Waals surface area contributed by atoms with E-state index in [1.54, 1.807) is 36.4 Å². The molecule has 0 saturated carbocycles. The van der Waals surface area contributed by atoms with Crippen LogP contribution in [0.3, 0.4) is 0 Å². The average Bonchev–Trinajstić information content (AvgIpc) is 2.94. The van der Waals surface area contributed by atoms with Crippen LogP contribution in [0.1, 0.15) is 11.1 Å². The van der Waals surface area contributed by atoms with Gasteiger partial charge in [-0.3, -0.25) is 4.79 Å². The van der Waals surface area contributed by atoms with Crippen LogP contribution in [0.5, 0.6) is 0 Å². The summed E-state index contributed by atoms with van der Waals surface area (Å²) in [6.45, 7) is 0. The summed E-state index contributed by atoms with van der Waals surface area (Å²) in [6, 6.07) is 10.4. The molecule has 0 bridgehead atoms. The maximum atomic E-state index is 12.4. The number of benzene rings is 1.